The molecule has 0 saturated carbocycles. The molecule has 3 heterocycles. The largest absolute Gasteiger partial charge is 0.497 e. The van der Waals surface area contributed by atoms with Crippen molar-refractivity contribution in [2.75, 3.05) is 26.1 Å². The highest BCUT2D eigenvalue weighted by Gasteiger charge is 2.34. The van der Waals surface area contributed by atoms with E-state index in [1.807, 2.05) is 18.2 Å². The number of amides is 2. The van der Waals surface area contributed by atoms with Crippen molar-refractivity contribution < 1.29 is 19.1 Å². The van der Waals surface area contributed by atoms with Crippen molar-refractivity contribution in [3.8, 4) is 22.9 Å². The number of hydrogen-bond donors (Lipinski definition) is 2. The Morgan fingerprint density at radius 1 is 1.26 bits per heavy atom. The van der Waals surface area contributed by atoms with Crippen LogP contribution in [0.1, 0.15) is 12.1 Å². The highest BCUT2D eigenvalue weighted by molar-refractivity contribution is 5.96. The Bertz CT molecular complexity index is 1080. The molecule has 1 fully saturated rings. The predicted octanol–water partition coefficient (Wildman–Crippen LogP) is 1.87. The van der Waals surface area contributed by atoms with Crippen LogP contribution in [0.2, 0.25) is 0 Å². The minimum Gasteiger partial charge on any atom is -0.497 e. The number of carbonyl (C=O) groups excluding carboxylic acids is 2. The number of pyridine rings is 1. The summed E-state index contributed by atoms with van der Waals surface area (Å²) in [7, 11) is 3.12. The van der Waals surface area contributed by atoms with E-state index in [0.29, 0.717) is 36.0 Å². The number of H-pyrrole nitrogens is 1. The molecule has 1 aliphatic heterocycles. The summed E-state index contributed by atoms with van der Waals surface area (Å²) in [4.78, 5) is 35.2. The monoisotopic (exact) mass is 422 g/mol. The van der Waals surface area contributed by atoms with E-state index < -0.39 is 5.92 Å². The molecule has 10 heteroatoms. The Kier molecular flexibility index (Phi) is 5.78. The lowest BCUT2D eigenvalue weighted by Gasteiger charge is -2.15. The van der Waals surface area contributed by atoms with Gasteiger partial charge in [0.25, 0.3) is 0 Å². The minimum absolute atomic E-state index is 0.0792. The molecule has 3 aromatic rings. The number of nitrogens with zero attached hydrogens (tertiary/aromatic N) is 4. The number of aromatic nitrogens is 4. The number of anilines is 1. The van der Waals surface area contributed by atoms with Crippen molar-refractivity contribution in [3.05, 3.63) is 48.3 Å². The van der Waals surface area contributed by atoms with Gasteiger partial charge in [-0.25, -0.2) is 0 Å². The molecule has 10 nitrogen and oxygen atoms in total. The Balaban J connectivity index is 1.41. The molecule has 2 N–H and O–H groups in total. The fourth-order valence-corrected chi connectivity index (χ4v) is 3.43. The van der Waals surface area contributed by atoms with Crippen LogP contribution in [0.15, 0.2) is 42.6 Å². The van der Waals surface area contributed by atoms with Crippen LogP contribution in [0.5, 0.6) is 11.5 Å². The third kappa shape index (κ3) is 4.47. The summed E-state index contributed by atoms with van der Waals surface area (Å²) in [5, 5.41) is 9.55. The summed E-state index contributed by atoms with van der Waals surface area (Å²) < 4.78 is 10.6. The molecule has 0 radical (unpaired) electrons. The van der Waals surface area contributed by atoms with Gasteiger partial charge >= 0.3 is 0 Å². The Labute approximate surface area is 178 Å². The topological polar surface area (TPSA) is 122 Å². The lowest BCUT2D eigenvalue weighted by molar-refractivity contribution is -0.128. The molecule has 4 rings (SSSR count). The maximum Gasteiger partial charge on any atom is 0.249 e. The van der Waals surface area contributed by atoms with Crippen molar-refractivity contribution in [2.24, 2.45) is 5.92 Å². The van der Waals surface area contributed by atoms with Crippen LogP contribution in [0.25, 0.3) is 11.4 Å². The van der Waals surface area contributed by atoms with Crippen LogP contribution in [0.4, 0.5) is 5.95 Å². The van der Waals surface area contributed by atoms with Gasteiger partial charge in [-0.1, -0.05) is 6.07 Å². The number of carbonyl (C=O) groups is 2. The molecule has 1 unspecified atom stereocenters. The van der Waals surface area contributed by atoms with E-state index in [2.05, 4.69) is 25.5 Å². The number of aromatic amines is 1. The summed E-state index contributed by atoms with van der Waals surface area (Å²) in [5.74, 6) is 0.916. The third-order valence-electron chi connectivity index (χ3n) is 5.05. The summed E-state index contributed by atoms with van der Waals surface area (Å²) in [6.45, 7) is 0.705. The summed E-state index contributed by atoms with van der Waals surface area (Å²) >= 11 is 0. The van der Waals surface area contributed by atoms with E-state index in [4.69, 9.17) is 9.47 Å². The van der Waals surface area contributed by atoms with Crippen molar-refractivity contribution in [1.82, 2.24) is 25.1 Å². The Hall–Kier alpha value is -3.95. The van der Waals surface area contributed by atoms with Crippen molar-refractivity contribution in [1.29, 1.82) is 0 Å². The van der Waals surface area contributed by atoms with Crippen LogP contribution in [0.3, 0.4) is 0 Å². The van der Waals surface area contributed by atoms with Crippen LogP contribution in [-0.2, 0) is 16.1 Å². The highest BCUT2D eigenvalue weighted by Crippen LogP contribution is 2.31. The number of nitrogens with one attached hydrogen (secondary N) is 2. The zero-order valence-corrected chi connectivity index (χ0v) is 17.2. The van der Waals surface area contributed by atoms with Gasteiger partial charge in [-0.3, -0.25) is 25.0 Å². The van der Waals surface area contributed by atoms with Gasteiger partial charge in [0.05, 0.1) is 37.9 Å². The number of methoxy groups -OCH3 is 2. The van der Waals surface area contributed by atoms with E-state index in [0.717, 1.165) is 5.69 Å². The molecule has 2 aromatic heterocycles. The molecule has 0 bridgehead atoms. The van der Waals surface area contributed by atoms with Crippen molar-refractivity contribution in [3.63, 3.8) is 0 Å². The number of hydrogen-bond acceptors (Lipinski definition) is 7. The highest BCUT2D eigenvalue weighted by atomic mass is 16.5. The second kappa shape index (κ2) is 8.82. The molecule has 1 aliphatic rings. The molecule has 160 valence electrons. The van der Waals surface area contributed by atoms with E-state index in [1.54, 1.807) is 43.5 Å². The molecule has 0 spiro atoms. The van der Waals surface area contributed by atoms with E-state index in [1.165, 1.54) is 0 Å². The van der Waals surface area contributed by atoms with Gasteiger partial charge < -0.3 is 14.4 Å². The normalized spacial score (nSPS) is 15.7. The van der Waals surface area contributed by atoms with E-state index in [9.17, 15) is 9.59 Å². The van der Waals surface area contributed by atoms with Crippen molar-refractivity contribution >= 4 is 17.8 Å². The van der Waals surface area contributed by atoms with Gasteiger partial charge in [0, 0.05) is 25.2 Å². The fraction of sp³-hybridized carbons (Fsp3) is 0.286. The second-order valence-corrected chi connectivity index (χ2v) is 7.06. The van der Waals surface area contributed by atoms with Gasteiger partial charge in [0.2, 0.25) is 17.8 Å². The van der Waals surface area contributed by atoms with Crippen molar-refractivity contribution in [2.45, 2.75) is 13.0 Å². The number of rotatable bonds is 7. The minimum atomic E-state index is -0.478. The molecule has 2 amide bonds. The zero-order chi connectivity index (χ0) is 21.8. The number of benzene rings is 1. The first-order valence-corrected chi connectivity index (χ1v) is 9.70. The predicted molar refractivity (Wildman–Crippen MR) is 111 cm³/mol. The van der Waals surface area contributed by atoms with Gasteiger partial charge in [0.15, 0.2) is 5.82 Å². The Morgan fingerprint density at radius 2 is 2.13 bits per heavy atom. The standard InChI is InChI=1S/C21H22N6O4/c1-30-15-6-7-16(17(10-15)31-2)19-23-21(26-25-19)24-20(29)13-9-18(28)27(11-13)12-14-5-3-4-8-22-14/h3-8,10,13H,9,11-12H2,1-2H3,(H2,23,24,25,26,29). The van der Waals surface area contributed by atoms with Crippen LogP contribution in [-0.4, -0.2) is 57.6 Å². The molecular formula is C21H22N6O4. The molecule has 1 saturated heterocycles. The smallest absolute Gasteiger partial charge is 0.249 e. The maximum atomic E-state index is 12.7. The summed E-state index contributed by atoms with van der Waals surface area (Å²) in [6.07, 6.45) is 1.82. The second-order valence-electron chi connectivity index (χ2n) is 7.06. The van der Waals surface area contributed by atoms with E-state index >= 15 is 0 Å². The van der Waals surface area contributed by atoms with Crippen LogP contribution >= 0.6 is 0 Å². The first-order valence-electron chi connectivity index (χ1n) is 9.70. The lowest BCUT2D eigenvalue weighted by atomic mass is 10.1. The van der Waals surface area contributed by atoms with Gasteiger partial charge in [-0.05, 0) is 24.3 Å². The Morgan fingerprint density at radius 3 is 2.87 bits per heavy atom. The lowest BCUT2D eigenvalue weighted by Crippen LogP contribution is -2.28. The summed E-state index contributed by atoms with van der Waals surface area (Å²) in [5.41, 5.74) is 1.46. The average molecular weight is 422 g/mol. The quantitative estimate of drug-likeness (QED) is 0.596. The maximum absolute atomic E-state index is 12.7. The van der Waals surface area contributed by atoms with Crippen LogP contribution in [0, 0.1) is 5.92 Å². The fourth-order valence-electron chi connectivity index (χ4n) is 3.43. The first-order chi connectivity index (χ1) is 15.1. The van der Waals surface area contributed by atoms with Gasteiger partial charge in [-0.15, -0.1) is 5.10 Å². The molecular weight excluding hydrogens is 400 g/mol. The number of likely N-dealkylation sites (tertiary alicyclic amines) is 1. The third-order valence-corrected chi connectivity index (χ3v) is 5.05. The zero-order valence-electron chi connectivity index (χ0n) is 17.2. The number of ether oxygens (including phenoxy) is 2. The molecule has 0 aliphatic carbocycles. The summed E-state index contributed by atoms with van der Waals surface area (Å²) in [6, 6.07) is 10.8. The molecule has 1 atom stereocenters. The van der Waals surface area contributed by atoms with Gasteiger partial charge in [-0.2, -0.15) is 4.98 Å². The van der Waals surface area contributed by atoms with Gasteiger partial charge in [0.1, 0.15) is 11.5 Å². The SMILES string of the molecule is COc1ccc(-c2nc(NC(=O)C3CC(=O)N(Cc4ccccn4)C3)n[nH]2)c(OC)c1. The molecule has 31 heavy (non-hydrogen) atoms. The first kappa shape index (κ1) is 20.3. The average Bonchev–Trinajstić information content (AvgIpc) is 3.40. The van der Waals surface area contributed by atoms with Crippen LogP contribution < -0.4 is 14.8 Å². The molecule has 1 aromatic carbocycles. The van der Waals surface area contributed by atoms with E-state index in [-0.39, 0.29) is 24.2 Å².